The third-order valence-corrected chi connectivity index (χ3v) is 4.33. The van der Waals surface area contributed by atoms with E-state index in [1.807, 2.05) is 0 Å². The number of hydrogen-bond donors (Lipinski definition) is 2. The molecular formula is C23H21NO6. The van der Waals surface area contributed by atoms with Crippen molar-refractivity contribution in [3.8, 4) is 17.2 Å². The number of rotatable bonds is 7. The normalized spacial score (nSPS) is 11.3. The summed E-state index contributed by atoms with van der Waals surface area (Å²) < 4.78 is 15.7. The van der Waals surface area contributed by atoms with Crippen molar-refractivity contribution in [2.75, 3.05) is 19.5 Å². The van der Waals surface area contributed by atoms with E-state index in [2.05, 4.69) is 5.32 Å². The number of carbonyl (C=O) groups excluding carboxylic acids is 2. The van der Waals surface area contributed by atoms with Gasteiger partial charge in [0.05, 0.1) is 14.2 Å². The highest BCUT2D eigenvalue weighted by Crippen LogP contribution is 2.28. The van der Waals surface area contributed by atoms with E-state index in [9.17, 15) is 14.7 Å². The Morgan fingerprint density at radius 2 is 1.57 bits per heavy atom. The highest BCUT2D eigenvalue weighted by molar-refractivity contribution is 5.99. The van der Waals surface area contributed by atoms with Crippen molar-refractivity contribution in [1.82, 2.24) is 0 Å². The van der Waals surface area contributed by atoms with Crippen LogP contribution in [0.1, 0.15) is 22.0 Å². The zero-order valence-corrected chi connectivity index (χ0v) is 16.5. The number of aromatic hydroxyl groups is 1. The molecule has 0 heterocycles. The Bertz CT molecular complexity index is 1030. The van der Waals surface area contributed by atoms with Gasteiger partial charge in [0.1, 0.15) is 22.8 Å². The molecule has 0 spiro atoms. The molecule has 3 aromatic carbocycles. The summed E-state index contributed by atoms with van der Waals surface area (Å²) in [5, 5.41) is 12.8. The van der Waals surface area contributed by atoms with Crippen LogP contribution in [0.5, 0.6) is 17.2 Å². The maximum absolute atomic E-state index is 13.0. The summed E-state index contributed by atoms with van der Waals surface area (Å²) in [5.41, 5.74) is 0.897. The van der Waals surface area contributed by atoms with Crippen LogP contribution in [0.4, 0.5) is 5.69 Å². The zero-order chi connectivity index (χ0) is 21.5. The van der Waals surface area contributed by atoms with Gasteiger partial charge in [-0.3, -0.25) is 4.79 Å². The Morgan fingerprint density at radius 3 is 2.23 bits per heavy atom. The van der Waals surface area contributed by atoms with E-state index in [0.717, 1.165) is 0 Å². The largest absolute Gasteiger partial charge is 0.507 e. The maximum Gasteiger partial charge on any atom is 0.343 e. The van der Waals surface area contributed by atoms with Gasteiger partial charge in [0.15, 0.2) is 0 Å². The zero-order valence-electron chi connectivity index (χ0n) is 16.5. The third kappa shape index (κ3) is 4.88. The van der Waals surface area contributed by atoms with Gasteiger partial charge < -0.3 is 24.6 Å². The van der Waals surface area contributed by atoms with Gasteiger partial charge in [-0.2, -0.15) is 0 Å². The highest BCUT2D eigenvalue weighted by Gasteiger charge is 2.27. The lowest BCUT2D eigenvalue weighted by atomic mass is 10.1. The number of carbonyl (C=O) groups is 2. The molecule has 0 bridgehead atoms. The first-order valence-electron chi connectivity index (χ1n) is 9.09. The molecule has 0 aromatic heterocycles. The second kappa shape index (κ2) is 9.47. The van der Waals surface area contributed by atoms with E-state index in [-0.39, 0.29) is 11.3 Å². The summed E-state index contributed by atoms with van der Waals surface area (Å²) in [6, 6.07) is 19.6. The average molecular weight is 407 g/mol. The maximum atomic E-state index is 13.0. The molecule has 0 fully saturated rings. The van der Waals surface area contributed by atoms with E-state index >= 15 is 0 Å². The first-order valence-corrected chi connectivity index (χ1v) is 9.09. The van der Waals surface area contributed by atoms with Crippen molar-refractivity contribution in [3.63, 3.8) is 0 Å². The number of benzene rings is 3. The molecule has 2 N–H and O–H groups in total. The molecule has 0 radical (unpaired) electrons. The fourth-order valence-electron chi connectivity index (χ4n) is 2.79. The van der Waals surface area contributed by atoms with Crippen molar-refractivity contribution >= 4 is 17.6 Å². The minimum atomic E-state index is -1.23. The fraction of sp³-hybridized carbons (Fsp3) is 0.130. The summed E-state index contributed by atoms with van der Waals surface area (Å²) in [4.78, 5) is 25.6. The lowest BCUT2D eigenvalue weighted by molar-refractivity contribution is -0.125. The third-order valence-electron chi connectivity index (χ3n) is 4.33. The fourth-order valence-corrected chi connectivity index (χ4v) is 2.79. The molecule has 7 heteroatoms. The van der Waals surface area contributed by atoms with Gasteiger partial charge in [0.2, 0.25) is 6.10 Å². The van der Waals surface area contributed by atoms with Crippen LogP contribution in [-0.4, -0.2) is 31.2 Å². The molecule has 1 atom stereocenters. The monoisotopic (exact) mass is 407 g/mol. The predicted molar refractivity (Wildman–Crippen MR) is 111 cm³/mol. The Morgan fingerprint density at radius 1 is 0.867 bits per heavy atom. The number of ether oxygens (including phenoxy) is 3. The number of phenolic OH excluding ortho intramolecular Hbond substituents is 1. The number of esters is 1. The Hall–Kier alpha value is -4.00. The lowest BCUT2D eigenvalue weighted by Gasteiger charge is -2.19. The topological polar surface area (TPSA) is 94.1 Å². The molecule has 1 amide bonds. The van der Waals surface area contributed by atoms with Gasteiger partial charge in [-0.1, -0.05) is 36.4 Å². The molecule has 0 saturated carbocycles. The van der Waals surface area contributed by atoms with Gasteiger partial charge in [-0.15, -0.1) is 0 Å². The summed E-state index contributed by atoms with van der Waals surface area (Å²) in [7, 11) is 2.97. The second-order valence-corrected chi connectivity index (χ2v) is 6.30. The number of hydrogen-bond acceptors (Lipinski definition) is 6. The van der Waals surface area contributed by atoms with Crippen LogP contribution in [0.25, 0.3) is 0 Å². The Kier molecular flexibility index (Phi) is 6.54. The van der Waals surface area contributed by atoms with E-state index in [1.165, 1.54) is 32.4 Å². The highest BCUT2D eigenvalue weighted by atomic mass is 16.5. The molecule has 0 saturated heterocycles. The summed E-state index contributed by atoms with van der Waals surface area (Å²) in [5.74, 6) is -0.733. The van der Waals surface area contributed by atoms with Crippen LogP contribution in [0, 0.1) is 0 Å². The van der Waals surface area contributed by atoms with Crippen molar-refractivity contribution in [2.45, 2.75) is 6.10 Å². The van der Waals surface area contributed by atoms with Crippen LogP contribution in [0.2, 0.25) is 0 Å². The van der Waals surface area contributed by atoms with Crippen molar-refractivity contribution in [3.05, 3.63) is 83.9 Å². The van der Waals surface area contributed by atoms with Crippen molar-refractivity contribution < 1.29 is 28.9 Å². The van der Waals surface area contributed by atoms with E-state index < -0.39 is 18.0 Å². The van der Waals surface area contributed by atoms with Gasteiger partial charge in [0.25, 0.3) is 5.91 Å². The van der Waals surface area contributed by atoms with Crippen LogP contribution >= 0.6 is 0 Å². The molecule has 3 rings (SSSR count). The summed E-state index contributed by atoms with van der Waals surface area (Å²) in [6.45, 7) is 0. The lowest BCUT2D eigenvalue weighted by Crippen LogP contribution is -2.26. The minimum Gasteiger partial charge on any atom is -0.507 e. The van der Waals surface area contributed by atoms with Crippen molar-refractivity contribution in [2.24, 2.45) is 0 Å². The molecular weight excluding hydrogens is 386 g/mol. The minimum absolute atomic E-state index is 0.0779. The number of anilines is 1. The van der Waals surface area contributed by atoms with Gasteiger partial charge in [0, 0.05) is 23.4 Å². The Labute approximate surface area is 173 Å². The van der Waals surface area contributed by atoms with Crippen LogP contribution in [-0.2, 0) is 9.53 Å². The van der Waals surface area contributed by atoms with E-state index in [1.54, 1.807) is 54.6 Å². The van der Waals surface area contributed by atoms with Crippen LogP contribution < -0.4 is 14.8 Å². The van der Waals surface area contributed by atoms with Crippen LogP contribution in [0.3, 0.4) is 0 Å². The molecule has 3 aromatic rings. The molecule has 7 nitrogen and oxygen atoms in total. The van der Waals surface area contributed by atoms with Gasteiger partial charge >= 0.3 is 5.97 Å². The number of amides is 1. The van der Waals surface area contributed by atoms with Crippen LogP contribution in [0.15, 0.2) is 72.8 Å². The quantitative estimate of drug-likeness (QED) is 0.576. The number of phenols is 1. The van der Waals surface area contributed by atoms with Gasteiger partial charge in [-0.25, -0.2) is 4.79 Å². The number of methoxy groups -OCH3 is 2. The molecule has 0 aliphatic rings. The smallest absolute Gasteiger partial charge is 0.343 e. The number of nitrogens with one attached hydrogen (secondary N) is 1. The summed E-state index contributed by atoms with van der Waals surface area (Å²) >= 11 is 0. The second-order valence-electron chi connectivity index (χ2n) is 6.30. The SMILES string of the molecule is COc1cccc(NC(=O)[C@@H](OC(=O)c2ccc(OC)cc2O)c2ccccc2)c1. The Balaban J connectivity index is 1.85. The molecule has 0 aliphatic carbocycles. The average Bonchev–Trinajstić information content (AvgIpc) is 2.77. The van der Waals surface area contributed by atoms with Crippen molar-refractivity contribution in [1.29, 1.82) is 0 Å². The predicted octanol–water partition coefficient (Wildman–Crippen LogP) is 3.95. The molecule has 30 heavy (non-hydrogen) atoms. The van der Waals surface area contributed by atoms with Gasteiger partial charge in [-0.05, 0) is 24.3 Å². The molecule has 0 unspecified atom stereocenters. The molecule has 154 valence electrons. The van der Waals surface area contributed by atoms with E-state index in [4.69, 9.17) is 14.2 Å². The molecule has 0 aliphatic heterocycles. The first-order chi connectivity index (χ1) is 14.5. The van der Waals surface area contributed by atoms with E-state index in [0.29, 0.717) is 22.7 Å². The standard InChI is InChI=1S/C23H21NO6/c1-28-17-10-6-9-16(13-17)24-22(26)21(15-7-4-3-5-8-15)30-23(27)19-12-11-18(29-2)14-20(19)25/h3-14,21,25H,1-2H3,(H,24,26)/t21-/m0/s1. The summed E-state index contributed by atoms with van der Waals surface area (Å²) in [6.07, 6.45) is -1.23. The first kappa shape index (κ1) is 20.7.